The van der Waals surface area contributed by atoms with Crippen LogP contribution in [0.2, 0.25) is 0 Å². The molecule has 1 saturated heterocycles. The Balaban J connectivity index is 1.42. The largest absolute Gasteiger partial charge is 0.351 e. The first kappa shape index (κ1) is 28.2. The van der Waals surface area contributed by atoms with Crippen molar-refractivity contribution in [2.75, 3.05) is 6.54 Å². The summed E-state index contributed by atoms with van der Waals surface area (Å²) in [4.78, 5) is 58.8. The summed E-state index contributed by atoms with van der Waals surface area (Å²) in [6, 6.07) is 13.5. The van der Waals surface area contributed by atoms with Crippen molar-refractivity contribution >= 4 is 34.4 Å². The lowest BCUT2D eigenvalue weighted by Gasteiger charge is -2.20. The number of fused-ring (bicyclic) bond motifs is 1. The Morgan fingerprint density at radius 3 is 2.60 bits per heavy atom. The fraction of sp³-hybridized carbons (Fsp3) is 0.345. The lowest BCUT2D eigenvalue weighted by molar-refractivity contribution is -0.127. The zero-order valence-electron chi connectivity index (χ0n) is 22.3. The van der Waals surface area contributed by atoms with Crippen molar-refractivity contribution in [3.63, 3.8) is 0 Å². The Bertz CT molecular complexity index is 1450. The van der Waals surface area contributed by atoms with Crippen LogP contribution in [0.1, 0.15) is 42.7 Å². The molecule has 3 aromatic rings. The monoisotopic (exact) mass is 541 g/mol. The molecule has 1 aliphatic heterocycles. The molecule has 4 amide bonds. The molecule has 2 aromatic carbocycles. The molecule has 206 valence electrons. The van der Waals surface area contributed by atoms with Crippen LogP contribution in [0.25, 0.3) is 10.8 Å². The third-order valence-electron chi connectivity index (χ3n) is 6.75. The summed E-state index contributed by atoms with van der Waals surface area (Å²) < 4.78 is 0. The maximum absolute atomic E-state index is 13.2. The van der Waals surface area contributed by atoms with Crippen LogP contribution < -0.4 is 21.3 Å². The van der Waals surface area contributed by atoms with Gasteiger partial charge >= 0.3 is 0 Å². The van der Waals surface area contributed by atoms with Crippen LogP contribution in [-0.4, -0.2) is 57.8 Å². The van der Waals surface area contributed by atoms with Crippen molar-refractivity contribution in [1.82, 2.24) is 31.2 Å². The summed E-state index contributed by atoms with van der Waals surface area (Å²) in [5, 5.41) is 22.2. The third-order valence-corrected chi connectivity index (χ3v) is 6.75. The first-order valence-electron chi connectivity index (χ1n) is 13.0. The molecule has 4 rings (SSSR count). The molecule has 11 nitrogen and oxygen atoms in total. The Morgan fingerprint density at radius 1 is 1.12 bits per heavy atom. The number of carbonyl (C=O) groups excluding carboxylic acids is 4. The lowest BCUT2D eigenvalue weighted by atomic mass is 9.92. The number of hydrogen-bond acceptors (Lipinski definition) is 7. The van der Waals surface area contributed by atoms with Gasteiger partial charge in [-0.2, -0.15) is 5.26 Å². The molecule has 2 heterocycles. The van der Waals surface area contributed by atoms with E-state index >= 15 is 0 Å². The topological polar surface area (TPSA) is 166 Å². The minimum Gasteiger partial charge on any atom is -0.351 e. The molecule has 0 saturated carbocycles. The Hall–Kier alpha value is -4.85. The van der Waals surface area contributed by atoms with Crippen LogP contribution in [0.15, 0.2) is 61.1 Å². The molecule has 1 aliphatic rings. The molecule has 1 aromatic heterocycles. The average Bonchev–Trinajstić information content (AvgIpc) is 3.21. The average molecular weight is 542 g/mol. The molecule has 40 heavy (non-hydrogen) atoms. The molecule has 0 bridgehead atoms. The number of hydrogen-bond donors (Lipinski definition) is 4. The number of nitriles is 1. The number of nitrogens with one attached hydrogen (secondary N) is 4. The molecule has 3 atom stereocenters. The summed E-state index contributed by atoms with van der Waals surface area (Å²) in [6.07, 6.45) is 4.99. The van der Waals surface area contributed by atoms with Crippen LogP contribution >= 0.6 is 0 Å². The highest BCUT2D eigenvalue weighted by atomic mass is 16.2. The van der Waals surface area contributed by atoms with E-state index in [-0.39, 0.29) is 30.0 Å². The van der Waals surface area contributed by atoms with Gasteiger partial charge in [0.25, 0.3) is 5.91 Å². The lowest BCUT2D eigenvalue weighted by Crippen LogP contribution is -2.51. The highest BCUT2D eigenvalue weighted by Crippen LogP contribution is 2.27. The minimum atomic E-state index is -1.02. The maximum Gasteiger partial charge on any atom is 0.272 e. The Labute approximate surface area is 231 Å². The molecule has 0 aliphatic carbocycles. The van der Waals surface area contributed by atoms with E-state index in [0.29, 0.717) is 6.42 Å². The highest BCUT2D eigenvalue weighted by molar-refractivity contribution is 5.97. The number of nitrogens with zero attached hydrogens (tertiary/aromatic N) is 3. The van der Waals surface area contributed by atoms with Crippen molar-refractivity contribution < 1.29 is 19.2 Å². The predicted octanol–water partition coefficient (Wildman–Crippen LogP) is 1.40. The SMILES string of the molecule is CC1(C)CC(CC(C#N)NC(=O)CNC(=O)C(Cc2cccc3ccccc23)NC(=O)c2cnccn2)C(=O)N1. The van der Waals surface area contributed by atoms with Gasteiger partial charge in [0.05, 0.1) is 18.8 Å². The molecular formula is C29H31N7O4. The van der Waals surface area contributed by atoms with Crippen molar-refractivity contribution in [2.24, 2.45) is 5.92 Å². The van der Waals surface area contributed by atoms with E-state index < -0.39 is 42.3 Å². The van der Waals surface area contributed by atoms with Crippen molar-refractivity contribution in [1.29, 1.82) is 5.26 Å². The fourth-order valence-electron chi connectivity index (χ4n) is 4.90. The maximum atomic E-state index is 13.2. The van der Waals surface area contributed by atoms with Crippen molar-refractivity contribution in [2.45, 2.75) is 50.7 Å². The summed E-state index contributed by atoms with van der Waals surface area (Å²) in [7, 11) is 0. The number of benzene rings is 2. The van der Waals surface area contributed by atoms with E-state index in [9.17, 15) is 24.4 Å². The molecule has 1 fully saturated rings. The molecule has 3 unspecified atom stereocenters. The summed E-state index contributed by atoms with van der Waals surface area (Å²) in [6.45, 7) is 3.39. The predicted molar refractivity (Wildman–Crippen MR) is 146 cm³/mol. The quantitative estimate of drug-likeness (QED) is 0.301. The van der Waals surface area contributed by atoms with Gasteiger partial charge in [0.1, 0.15) is 17.8 Å². The second kappa shape index (κ2) is 12.3. The van der Waals surface area contributed by atoms with Gasteiger partial charge in [-0.3, -0.25) is 24.2 Å². The van der Waals surface area contributed by atoms with Gasteiger partial charge in [-0.1, -0.05) is 42.5 Å². The van der Waals surface area contributed by atoms with Crippen LogP contribution in [0.5, 0.6) is 0 Å². The standard InChI is InChI=1S/C29H31N7O4/c1-29(2)14-20(26(38)36-29)12-21(15-30)34-25(37)17-33-27(39)23(35-28(40)24-16-31-10-11-32-24)13-19-8-5-7-18-6-3-4-9-22(18)19/h3-11,16,20-21,23H,12-14,17H2,1-2H3,(H,33,39)(H,34,37)(H,35,40)(H,36,38). The smallest absolute Gasteiger partial charge is 0.272 e. The van der Waals surface area contributed by atoms with Gasteiger partial charge in [-0.25, -0.2) is 4.98 Å². The van der Waals surface area contributed by atoms with E-state index in [1.165, 1.54) is 18.6 Å². The highest BCUT2D eigenvalue weighted by Gasteiger charge is 2.38. The van der Waals surface area contributed by atoms with E-state index in [1.54, 1.807) is 0 Å². The van der Waals surface area contributed by atoms with Crippen LogP contribution in [0.4, 0.5) is 0 Å². The molecule has 0 spiro atoms. The molecule has 0 radical (unpaired) electrons. The minimum absolute atomic E-state index is 0.0481. The van der Waals surface area contributed by atoms with Gasteiger partial charge in [-0.15, -0.1) is 0 Å². The van der Waals surface area contributed by atoms with E-state index in [1.807, 2.05) is 62.4 Å². The molecule has 11 heteroatoms. The summed E-state index contributed by atoms with van der Waals surface area (Å²) in [5.74, 6) is -2.29. The normalized spacial score (nSPS) is 17.2. The zero-order chi connectivity index (χ0) is 28.7. The third kappa shape index (κ3) is 7.17. The van der Waals surface area contributed by atoms with Gasteiger partial charge < -0.3 is 21.3 Å². The van der Waals surface area contributed by atoms with Crippen LogP contribution in [0.3, 0.4) is 0 Å². The Kier molecular flexibility index (Phi) is 8.69. The van der Waals surface area contributed by atoms with Crippen molar-refractivity contribution in [3.05, 3.63) is 72.3 Å². The zero-order valence-corrected chi connectivity index (χ0v) is 22.3. The summed E-state index contributed by atoms with van der Waals surface area (Å²) in [5.41, 5.74) is 0.519. The number of amides is 4. The fourth-order valence-corrected chi connectivity index (χ4v) is 4.90. The van der Waals surface area contributed by atoms with Crippen LogP contribution in [-0.2, 0) is 20.8 Å². The van der Waals surface area contributed by atoms with Gasteiger partial charge in [0, 0.05) is 30.3 Å². The first-order chi connectivity index (χ1) is 19.1. The second-order valence-corrected chi connectivity index (χ2v) is 10.4. The number of rotatable bonds is 10. The first-order valence-corrected chi connectivity index (χ1v) is 13.0. The second-order valence-electron chi connectivity index (χ2n) is 10.4. The molecule has 4 N–H and O–H groups in total. The number of carbonyl (C=O) groups is 4. The van der Waals surface area contributed by atoms with Gasteiger partial charge in [-0.05, 0) is 43.0 Å². The van der Waals surface area contributed by atoms with E-state index in [2.05, 4.69) is 31.2 Å². The molecular weight excluding hydrogens is 510 g/mol. The number of aromatic nitrogens is 2. The van der Waals surface area contributed by atoms with E-state index in [0.717, 1.165) is 16.3 Å². The van der Waals surface area contributed by atoms with Crippen molar-refractivity contribution in [3.8, 4) is 6.07 Å². The summed E-state index contributed by atoms with van der Waals surface area (Å²) >= 11 is 0. The van der Waals surface area contributed by atoms with Gasteiger partial charge in [0.2, 0.25) is 17.7 Å². The van der Waals surface area contributed by atoms with E-state index in [4.69, 9.17) is 0 Å². The van der Waals surface area contributed by atoms with Crippen LogP contribution in [0, 0.1) is 17.2 Å². The Morgan fingerprint density at radius 2 is 1.90 bits per heavy atom. The van der Waals surface area contributed by atoms with Gasteiger partial charge in [0.15, 0.2) is 0 Å².